The summed E-state index contributed by atoms with van der Waals surface area (Å²) in [6.07, 6.45) is 0. The zero-order valence-corrected chi connectivity index (χ0v) is 11.7. The van der Waals surface area contributed by atoms with Crippen LogP contribution >= 0.6 is 0 Å². The van der Waals surface area contributed by atoms with E-state index in [0.717, 1.165) is 11.3 Å². The summed E-state index contributed by atoms with van der Waals surface area (Å²) in [5.74, 6) is 2.57. The van der Waals surface area contributed by atoms with Crippen molar-refractivity contribution in [3.05, 3.63) is 29.0 Å². The zero-order chi connectivity index (χ0) is 14.8. The standard InChI is InChI=1S/C14H14N4O3/c1-8-10(5-15)14(18-17-8)16-6-9-3-12-13(21-7-20-12)4-11(9)19-2/h3-4H,6-7H2,1-2H3,(H2,16,17,18). The van der Waals surface area contributed by atoms with Crippen LogP contribution in [0.15, 0.2) is 12.1 Å². The topological polar surface area (TPSA) is 92.2 Å². The minimum atomic E-state index is 0.215. The number of nitrogens with zero attached hydrogens (tertiary/aromatic N) is 2. The fraction of sp³-hybridized carbons (Fsp3) is 0.286. The number of hydrogen-bond acceptors (Lipinski definition) is 6. The molecule has 0 atom stereocenters. The van der Waals surface area contributed by atoms with Gasteiger partial charge in [-0.3, -0.25) is 5.10 Å². The van der Waals surface area contributed by atoms with Crippen molar-refractivity contribution < 1.29 is 14.2 Å². The number of nitrogens with one attached hydrogen (secondary N) is 2. The fourth-order valence-electron chi connectivity index (χ4n) is 2.17. The largest absolute Gasteiger partial charge is 0.496 e. The van der Waals surface area contributed by atoms with E-state index in [4.69, 9.17) is 19.5 Å². The smallest absolute Gasteiger partial charge is 0.231 e. The normalized spacial score (nSPS) is 12.0. The SMILES string of the molecule is COc1cc2c(cc1CNc1n[nH]c(C)c1C#N)OCO2. The Morgan fingerprint density at radius 1 is 1.43 bits per heavy atom. The van der Waals surface area contributed by atoms with Gasteiger partial charge in [-0.1, -0.05) is 0 Å². The molecule has 0 fully saturated rings. The third kappa shape index (κ3) is 2.31. The molecule has 108 valence electrons. The van der Waals surface area contributed by atoms with Crippen LogP contribution in [0, 0.1) is 18.3 Å². The molecule has 0 amide bonds. The summed E-state index contributed by atoms with van der Waals surface area (Å²) in [5, 5.41) is 19.1. The second kappa shape index (κ2) is 5.25. The first-order valence-electron chi connectivity index (χ1n) is 6.38. The molecule has 7 heteroatoms. The Balaban J connectivity index is 1.83. The second-order valence-electron chi connectivity index (χ2n) is 4.55. The third-order valence-electron chi connectivity index (χ3n) is 3.28. The summed E-state index contributed by atoms with van der Waals surface area (Å²) in [4.78, 5) is 0. The number of H-pyrrole nitrogens is 1. The van der Waals surface area contributed by atoms with Crippen molar-refractivity contribution in [2.75, 3.05) is 19.2 Å². The summed E-state index contributed by atoms with van der Waals surface area (Å²) in [6, 6.07) is 5.77. The third-order valence-corrected chi connectivity index (χ3v) is 3.28. The quantitative estimate of drug-likeness (QED) is 0.892. The van der Waals surface area contributed by atoms with Gasteiger partial charge in [0, 0.05) is 18.2 Å². The van der Waals surface area contributed by atoms with Crippen molar-refractivity contribution in [3.8, 4) is 23.3 Å². The molecule has 0 saturated heterocycles. The molecule has 0 bridgehead atoms. The molecule has 0 radical (unpaired) electrons. The van der Waals surface area contributed by atoms with Crippen LogP contribution in [0.3, 0.4) is 0 Å². The van der Waals surface area contributed by atoms with Crippen LogP contribution in [0.25, 0.3) is 0 Å². The predicted molar refractivity (Wildman–Crippen MR) is 74.5 cm³/mol. The number of aromatic nitrogens is 2. The van der Waals surface area contributed by atoms with E-state index in [-0.39, 0.29) is 6.79 Å². The molecular weight excluding hydrogens is 272 g/mol. The monoisotopic (exact) mass is 286 g/mol. The van der Waals surface area contributed by atoms with Crippen molar-refractivity contribution in [1.29, 1.82) is 5.26 Å². The van der Waals surface area contributed by atoms with Gasteiger partial charge in [0.1, 0.15) is 17.4 Å². The molecule has 1 aliphatic rings. The molecule has 21 heavy (non-hydrogen) atoms. The Hall–Kier alpha value is -2.88. The van der Waals surface area contributed by atoms with Gasteiger partial charge in [0.2, 0.25) is 6.79 Å². The van der Waals surface area contributed by atoms with Crippen LogP contribution in [0.4, 0.5) is 5.82 Å². The van der Waals surface area contributed by atoms with E-state index >= 15 is 0 Å². The molecule has 1 aliphatic heterocycles. The summed E-state index contributed by atoms with van der Waals surface area (Å²) < 4.78 is 16.0. The van der Waals surface area contributed by atoms with E-state index in [1.54, 1.807) is 20.1 Å². The molecule has 1 aromatic heterocycles. The van der Waals surface area contributed by atoms with E-state index in [1.165, 1.54) is 0 Å². The van der Waals surface area contributed by atoms with Crippen LogP contribution in [-0.4, -0.2) is 24.1 Å². The molecule has 0 unspecified atom stereocenters. The number of fused-ring (bicyclic) bond motifs is 1. The molecule has 2 N–H and O–H groups in total. The number of hydrogen-bond donors (Lipinski definition) is 2. The molecular formula is C14H14N4O3. The highest BCUT2D eigenvalue weighted by molar-refractivity contribution is 5.56. The lowest BCUT2D eigenvalue weighted by Crippen LogP contribution is -2.03. The Morgan fingerprint density at radius 2 is 2.19 bits per heavy atom. The molecule has 7 nitrogen and oxygen atoms in total. The Labute approximate surface area is 121 Å². The average Bonchev–Trinajstić information content (AvgIpc) is 3.09. The van der Waals surface area contributed by atoms with Gasteiger partial charge in [-0.15, -0.1) is 0 Å². The fourth-order valence-corrected chi connectivity index (χ4v) is 2.17. The van der Waals surface area contributed by atoms with Crippen LogP contribution in [0.5, 0.6) is 17.2 Å². The maximum atomic E-state index is 9.10. The van der Waals surface area contributed by atoms with Crippen LogP contribution in [0.2, 0.25) is 0 Å². The van der Waals surface area contributed by atoms with Gasteiger partial charge in [-0.25, -0.2) is 0 Å². The predicted octanol–water partition coefficient (Wildman–Crippen LogP) is 1.94. The van der Waals surface area contributed by atoms with Crippen LogP contribution in [-0.2, 0) is 6.54 Å². The number of ether oxygens (including phenoxy) is 3. The van der Waals surface area contributed by atoms with Crippen molar-refractivity contribution in [2.24, 2.45) is 0 Å². The molecule has 1 aromatic carbocycles. The van der Waals surface area contributed by atoms with Crippen molar-refractivity contribution in [2.45, 2.75) is 13.5 Å². The molecule has 2 aromatic rings. The Bertz CT molecular complexity index is 718. The number of anilines is 1. The van der Waals surface area contributed by atoms with E-state index in [1.807, 2.05) is 6.07 Å². The van der Waals surface area contributed by atoms with Gasteiger partial charge >= 0.3 is 0 Å². The molecule has 0 spiro atoms. The van der Waals surface area contributed by atoms with E-state index in [0.29, 0.717) is 35.2 Å². The summed E-state index contributed by atoms with van der Waals surface area (Å²) in [5.41, 5.74) is 2.14. The van der Waals surface area contributed by atoms with Crippen LogP contribution in [0.1, 0.15) is 16.8 Å². The highest BCUT2D eigenvalue weighted by Crippen LogP contribution is 2.38. The van der Waals surface area contributed by atoms with E-state index in [9.17, 15) is 0 Å². The molecule has 2 heterocycles. The number of aromatic amines is 1. The highest BCUT2D eigenvalue weighted by Gasteiger charge is 2.18. The number of aryl methyl sites for hydroxylation is 1. The summed E-state index contributed by atoms with van der Waals surface area (Å²) in [6.45, 7) is 2.48. The number of benzene rings is 1. The second-order valence-corrected chi connectivity index (χ2v) is 4.55. The number of rotatable bonds is 4. The minimum absolute atomic E-state index is 0.215. The number of nitriles is 1. The van der Waals surface area contributed by atoms with Gasteiger partial charge < -0.3 is 19.5 Å². The Morgan fingerprint density at radius 3 is 2.90 bits per heavy atom. The number of methoxy groups -OCH3 is 1. The van der Waals surface area contributed by atoms with Gasteiger partial charge in [-0.05, 0) is 13.0 Å². The van der Waals surface area contributed by atoms with Crippen molar-refractivity contribution >= 4 is 5.82 Å². The van der Waals surface area contributed by atoms with E-state index < -0.39 is 0 Å². The molecule has 0 aliphatic carbocycles. The lowest BCUT2D eigenvalue weighted by Gasteiger charge is -2.10. The minimum Gasteiger partial charge on any atom is -0.496 e. The van der Waals surface area contributed by atoms with Crippen molar-refractivity contribution in [1.82, 2.24) is 10.2 Å². The van der Waals surface area contributed by atoms with Gasteiger partial charge in [-0.2, -0.15) is 10.4 Å². The highest BCUT2D eigenvalue weighted by atomic mass is 16.7. The molecule has 0 saturated carbocycles. The van der Waals surface area contributed by atoms with Gasteiger partial charge in [0.25, 0.3) is 0 Å². The molecule has 3 rings (SSSR count). The zero-order valence-electron chi connectivity index (χ0n) is 11.7. The Kier molecular flexibility index (Phi) is 3.28. The first-order chi connectivity index (χ1) is 10.2. The van der Waals surface area contributed by atoms with Gasteiger partial charge in [0.05, 0.1) is 12.8 Å². The summed E-state index contributed by atoms with van der Waals surface area (Å²) in [7, 11) is 1.60. The lowest BCUT2D eigenvalue weighted by atomic mass is 10.1. The average molecular weight is 286 g/mol. The lowest BCUT2D eigenvalue weighted by molar-refractivity contribution is 0.174. The van der Waals surface area contributed by atoms with Crippen LogP contribution < -0.4 is 19.5 Å². The van der Waals surface area contributed by atoms with Crippen molar-refractivity contribution in [3.63, 3.8) is 0 Å². The summed E-state index contributed by atoms with van der Waals surface area (Å²) >= 11 is 0. The van der Waals surface area contributed by atoms with E-state index in [2.05, 4.69) is 21.6 Å². The maximum absolute atomic E-state index is 9.10. The van der Waals surface area contributed by atoms with Gasteiger partial charge in [0.15, 0.2) is 17.3 Å². The maximum Gasteiger partial charge on any atom is 0.231 e. The first-order valence-corrected chi connectivity index (χ1v) is 6.38. The first kappa shape index (κ1) is 13.1.